The molecule has 0 N–H and O–H groups in total. The molecule has 0 aliphatic carbocycles. The second-order valence-electron chi connectivity index (χ2n) is 6.72. The van der Waals surface area contributed by atoms with Gasteiger partial charge in [0.2, 0.25) is 0 Å². The molecule has 2 aromatic rings. The van der Waals surface area contributed by atoms with Crippen molar-refractivity contribution >= 4 is 0 Å². The first-order valence-electron chi connectivity index (χ1n) is 8.38. The van der Waals surface area contributed by atoms with Crippen LogP contribution in [0.3, 0.4) is 0 Å². The summed E-state index contributed by atoms with van der Waals surface area (Å²) in [5.41, 5.74) is 1.16. The second-order valence-corrected chi connectivity index (χ2v) is 6.72. The van der Waals surface area contributed by atoms with Gasteiger partial charge in [0.15, 0.2) is 11.6 Å². The molecule has 0 saturated carbocycles. The van der Waals surface area contributed by atoms with Gasteiger partial charge in [0.25, 0.3) is 0 Å². The average Bonchev–Trinajstić information content (AvgIpc) is 2.99. The van der Waals surface area contributed by atoms with Gasteiger partial charge in [0.05, 0.1) is 0 Å². The third kappa shape index (κ3) is 3.20. The van der Waals surface area contributed by atoms with E-state index in [1.54, 1.807) is 18.2 Å². The molecular weight excluding hydrogens is 311 g/mol. The lowest BCUT2D eigenvalue weighted by molar-refractivity contribution is 0.222. The zero-order valence-corrected chi connectivity index (χ0v) is 14.0. The first-order valence-corrected chi connectivity index (χ1v) is 8.38. The van der Waals surface area contributed by atoms with E-state index in [2.05, 4.69) is 18.9 Å². The summed E-state index contributed by atoms with van der Waals surface area (Å²) in [7, 11) is 2.07. The SMILES string of the molecule is C[C@H]([C@H](c1ccc(F)cc1)c1cccc(F)c1F)[C@H]1CCCN1C. The third-order valence-corrected chi connectivity index (χ3v) is 5.26. The van der Waals surface area contributed by atoms with Crippen molar-refractivity contribution in [2.75, 3.05) is 13.6 Å². The molecule has 2 aromatic carbocycles. The number of hydrogen-bond donors (Lipinski definition) is 0. The highest BCUT2D eigenvalue weighted by molar-refractivity contribution is 5.35. The normalized spacial score (nSPS) is 21.0. The highest BCUT2D eigenvalue weighted by Crippen LogP contribution is 2.39. The van der Waals surface area contributed by atoms with Crippen molar-refractivity contribution in [1.29, 1.82) is 0 Å². The predicted molar refractivity (Wildman–Crippen MR) is 89.4 cm³/mol. The van der Waals surface area contributed by atoms with E-state index >= 15 is 0 Å². The van der Waals surface area contributed by atoms with Gasteiger partial charge >= 0.3 is 0 Å². The van der Waals surface area contributed by atoms with Gasteiger partial charge in [-0.05, 0) is 61.7 Å². The summed E-state index contributed by atoms with van der Waals surface area (Å²) in [6, 6.07) is 10.7. The maximum Gasteiger partial charge on any atom is 0.162 e. The first kappa shape index (κ1) is 17.0. The van der Waals surface area contributed by atoms with E-state index in [1.165, 1.54) is 18.2 Å². The Balaban J connectivity index is 2.06. The Bertz CT molecular complexity index is 699. The molecule has 1 nitrogen and oxygen atoms in total. The monoisotopic (exact) mass is 333 g/mol. The maximum absolute atomic E-state index is 14.5. The van der Waals surface area contributed by atoms with Gasteiger partial charge in [-0.2, -0.15) is 0 Å². The Morgan fingerprint density at radius 3 is 2.38 bits per heavy atom. The predicted octanol–water partition coefficient (Wildman–Crippen LogP) is 4.97. The highest BCUT2D eigenvalue weighted by atomic mass is 19.2. The van der Waals surface area contributed by atoms with Crippen molar-refractivity contribution in [1.82, 2.24) is 4.90 Å². The smallest absolute Gasteiger partial charge is 0.162 e. The van der Waals surface area contributed by atoms with Crippen LogP contribution in [0.25, 0.3) is 0 Å². The summed E-state index contributed by atoms with van der Waals surface area (Å²) in [6.45, 7) is 3.08. The maximum atomic E-state index is 14.5. The molecule has 128 valence electrons. The van der Waals surface area contributed by atoms with Crippen LogP contribution in [0.1, 0.15) is 36.8 Å². The minimum Gasteiger partial charge on any atom is -0.303 e. The fourth-order valence-electron chi connectivity index (χ4n) is 4.02. The number of nitrogens with zero attached hydrogens (tertiary/aromatic N) is 1. The van der Waals surface area contributed by atoms with Gasteiger partial charge in [0, 0.05) is 12.0 Å². The number of halogens is 3. The van der Waals surface area contributed by atoms with Crippen molar-refractivity contribution < 1.29 is 13.2 Å². The minimum atomic E-state index is -0.841. The van der Waals surface area contributed by atoms with Crippen molar-refractivity contribution in [3.8, 4) is 0 Å². The molecule has 1 heterocycles. The molecule has 3 rings (SSSR count). The van der Waals surface area contributed by atoms with Crippen molar-refractivity contribution in [2.24, 2.45) is 5.92 Å². The minimum absolute atomic E-state index is 0.0826. The van der Waals surface area contributed by atoms with E-state index < -0.39 is 11.6 Å². The van der Waals surface area contributed by atoms with Crippen LogP contribution in [0.4, 0.5) is 13.2 Å². The number of benzene rings is 2. The molecule has 0 radical (unpaired) electrons. The molecule has 3 atom stereocenters. The molecule has 1 fully saturated rings. The van der Waals surface area contributed by atoms with Crippen LogP contribution in [-0.2, 0) is 0 Å². The van der Waals surface area contributed by atoms with Gasteiger partial charge in [-0.15, -0.1) is 0 Å². The number of hydrogen-bond acceptors (Lipinski definition) is 1. The molecule has 0 aromatic heterocycles. The summed E-state index contributed by atoms with van der Waals surface area (Å²) >= 11 is 0. The quantitative estimate of drug-likeness (QED) is 0.764. The van der Waals surface area contributed by atoms with E-state index in [0.29, 0.717) is 11.6 Å². The van der Waals surface area contributed by atoms with Crippen LogP contribution in [0, 0.1) is 23.4 Å². The lowest BCUT2D eigenvalue weighted by Gasteiger charge is -2.33. The van der Waals surface area contributed by atoms with Gasteiger partial charge in [0.1, 0.15) is 5.82 Å². The van der Waals surface area contributed by atoms with Crippen LogP contribution in [0.5, 0.6) is 0 Å². The van der Waals surface area contributed by atoms with E-state index in [9.17, 15) is 13.2 Å². The third-order valence-electron chi connectivity index (χ3n) is 5.26. The summed E-state index contributed by atoms with van der Waals surface area (Å²) in [4.78, 5) is 2.28. The van der Waals surface area contributed by atoms with Crippen molar-refractivity contribution in [3.05, 3.63) is 71.0 Å². The standard InChI is InChI=1S/C20H22F3N/c1-13(18-7-4-12-24(18)2)19(14-8-10-15(21)11-9-14)16-5-3-6-17(22)20(16)23/h3,5-6,8-11,13,18-19H,4,7,12H2,1-2H3/t13-,18+,19+/m0/s1. The topological polar surface area (TPSA) is 3.24 Å². The molecule has 0 unspecified atom stereocenters. The fraction of sp³-hybridized carbons (Fsp3) is 0.400. The zero-order chi connectivity index (χ0) is 17.3. The summed E-state index contributed by atoms with van der Waals surface area (Å²) in [5.74, 6) is -2.21. The Labute approximate surface area is 141 Å². The van der Waals surface area contributed by atoms with E-state index in [0.717, 1.165) is 31.0 Å². The number of rotatable bonds is 4. The Kier molecular flexibility index (Phi) is 4.95. The summed E-state index contributed by atoms with van der Waals surface area (Å²) < 4.78 is 41.6. The second kappa shape index (κ2) is 6.98. The lowest BCUT2D eigenvalue weighted by atomic mass is 9.77. The Morgan fingerprint density at radius 1 is 1.04 bits per heavy atom. The number of likely N-dealkylation sites (tertiary alicyclic amines) is 1. The highest BCUT2D eigenvalue weighted by Gasteiger charge is 2.34. The zero-order valence-electron chi connectivity index (χ0n) is 14.0. The van der Waals surface area contributed by atoms with Crippen LogP contribution in [0.15, 0.2) is 42.5 Å². The van der Waals surface area contributed by atoms with Crippen LogP contribution < -0.4 is 0 Å². The molecule has 1 aliphatic heterocycles. The Morgan fingerprint density at radius 2 is 1.75 bits per heavy atom. The largest absolute Gasteiger partial charge is 0.303 e. The molecule has 0 bridgehead atoms. The summed E-state index contributed by atoms with van der Waals surface area (Å²) in [5, 5.41) is 0. The van der Waals surface area contributed by atoms with Crippen molar-refractivity contribution in [2.45, 2.75) is 31.7 Å². The van der Waals surface area contributed by atoms with Crippen molar-refractivity contribution in [3.63, 3.8) is 0 Å². The van der Waals surface area contributed by atoms with Gasteiger partial charge in [-0.1, -0.05) is 31.2 Å². The van der Waals surface area contributed by atoms with Gasteiger partial charge in [-0.3, -0.25) is 0 Å². The lowest BCUT2D eigenvalue weighted by Crippen LogP contribution is -2.35. The average molecular weight is 333 g/mol. The van der Waals surface area contributed by atoms with Crippen LogP contribution in [-0.4, -0.2) is 24.5 Å². The van der Waals surface area contributed by atoms with Gasteiger partial charge in [-0.25, -0.2) is 13.2 Å². The fourth-order valence-corrected chi connectivity index (χ4v) is 4.02. The molecule has 1 aliphatic rings. The molecule has 24 heavy (non-hydrogen) atoms. The van der Waals surface area contributed by atoms with Gasteiger partial charge < -0.3 is 4.90 Å². The Hall–Kier alpha value is -1.81. The molecule has 0 spiro atoms. The van der Waals surface area contributed by atoms with Crippen LogP contribution >= 0.6 is 0 Å². The van der Waals surface area contributed by atoms with E-state index in [4.69, 9.17) is 0 Å². The molecule has 1 saturated heterocycles. The van der Waals surface area contributed by atoms with E-state index in [-0.39, 0.29) is 17.7 Å². The van der Waals surface area contributed by atoms with Crippen LogP contribution in [0.2, 0.25) is 0 Å². The molecular formula is C20H22F3N. The first-order chi connectivity index (χ1) is 11.5. The molecule has 4 heteroatoms. The summed E-state index contributed by atoms with van der Waals surface area (Å²) in [6.07, 6.45) is 2.14. The molecule has 0 amide bonds. The van der Waals surface area contributed by atoms with E-state index in [1.807, 2.05) is 0 Å².